The molecule has 152 valence electrons. The highest BCUT2D eigenvalue weighted by molar-refractivity contribution is 5.88. The Morgan fingerprint density at radius 3 is 2.43 bits per heavy atom. The number of hydrogen-bond acceptors (Lipinski definition) is 6. The number of rotatable bonds is 6. The molecule has 1 saturated heterocycles. The van der Waals surface area contributed by atoms with Crippen molar-refractivity contribution in [2.24, 2.45) is 0 Å². The normalized spacial score (nSPS) is 14.8. The van der Waals surface area contributed by atoms with Gasteiger partial charge in [-0.05, 0) is 24.1 Å². The SMILES string of the molecule is N#C[C@@H](C(=O)NCCc1ccccc1)c1nc2ccccc2nc1N1CCOCC1. The van der Waals surface area contributed by atoms with Gasteiger partial charge in [-0.1, -0.05) is 42.5 Å². The lowest BCUT2D eigenvalue weighted by Crippen LogP contribution is -2.39. The van der Waals surface area contributed by atoms with Crippen molar-refractivity contribution in [2.45, 2.75) is 12.3 Å². The Morgan fingerprint density at radius 1 is 1.07 bits per heavy atom. The van der Waals surface area contributed by atoms with Crippen LogP contribution in [0.25, 0.3) is 11.0 Å². The van der Waals surface area contributed by atoms with E-state index in [4.69, 9.17) is 9.72 Å². The van der Waals surface area contributed by atoms with E-state index in [1.165, 1.54) is 0 Å². The topological polar surface area (TPSA) is 91.1 Å². The number of nitriles is 1. The Labute approximate surface area is 175 Å². The molecule has 7 nitrogen and oxygen atoms in total. The van der Waals surface area contributed by atoms with E-state index in [-0.39, 0.29) is 5.91 Å². The quantitative estimate of drug-likeness (QED) is 0.682. The molecule has 4 rings (SSSR count). The molecule has 30 heavy (non-hydrogen) atoms. The van der Waals surface area contributed by atoms with E-state index in [0.717, 1.165) is 11.1 Å². The number of carbonyl (C=O) groups is 1. The van der Waals surface area contributed by atoms with E-state index in [1.54, 1.807) is 0 Å². The van der Waals surface area contributed by atoms with Gasteiger partial charge in [0.25, 0.3) is 0 Å². The number of carbonyl (C=O) groups excluding carboxylic acids is 1. The van der Waals surface area contributed by atoms with Gasteiger partial charge in [0, 0.05) is 19.6 Å². The van der Waals surface area contributed by atoms with Crippen molar-refractivity contribution in [1.82, 2.24) is 15.3 Å². The highest BCUT2D eigenvalue weighted by Crippen LogP contribution is 2.27. The number of nitrogens with one attached hydrogen (secondary N) is 1. The van der Waals surface area contributed by atoms with Gasteiger partial charge in [-0.2, -0.15) is 5.26 Å². The first-order chi connectivity index (χ1) is 14.8. The van der Waals surface area contributed by atoms with Crippen molar-refractivity contribution < 1.29 is 9.53 Å². The van der Waals surface area contributed by atoms with Crippen molar-refractivity contribution in [1.29, 1.82) is 5.26 Å². The molecular weight excluding hydrogens is 378 g/mol. The van der Waals surface area contributed by atoms with Crippen LogP contribution in [-0.2, 0) is 16.0 Å². The number of nitrogens with zero attached hydrogens (tertiary/aromatic N) is 4. The Balaban J connectivity index is 1.59. The van der Waals surface area contributed by atoms with Crippen LogP contribution in [0.1, 0.15) is 17.2 Å². The van der Waals surface area contributed by atoms with Gasteiger partial charge >= 0.3 is 0 Å². The lowest BCUT2D eigenvalue weighted by Gasteiger charge is -2.29. The zero-order chi connectivity index (χ0) is 20.8. The van der Waals surface area contributed by atoms with Crippen LogP contribution in [0.2, 0.25) is 0 Å². The minimum absolute atomic E-state index is 0.354. The highest BCUT2D eigenvalue weighted by Gasteiger charge is 2.29. The number of anilines is 1. The first kappa shape index (κ1) is 19.8. The molecule has 1 fully saturated rings. The molecular formula is C23H23N5O2. The Kier molecular flexibility index (Phi) is 6.16. The van der Waals surface area contributed by atoms with Gasteiger partial charge in [0.2, 0.25) is 5.91 Å². The molecule has 0 aliphatic carbocycles. The smallest absolute Gasteiger partial charge is 0.243 e. The molecule has 0 spiro atoms. The second-order valence-electron chi connectivity index (χ2n) is 7.11. The van der Waals surface area contributed by atoms with Crippen LogP contribution < -0.4 is 10.2 Å². The molecule has 0 radical (unpaired) electrons. The van der Waals surface area contributed by atoms with Gasteiger partial charge in [0.05, 0.1) is 30.3 Å². The number of hydrogen-bond donors (Lipinski definition) is 1. The fraction of sp³-hybridized carbons (Fsp3) is 0.304. The van der Waals surface area contributed by atoms with Gasteiger partial charge in [0.1, 0.15) is 5.69 Å². The molecule has 3 aromatic rings. The summed E-state index contributed by atoms with van der Waals surface area (Å²) in [4.78, 5) is 24.4. The minimum Gasteiger partial charge on any atom is -0.378 e. The average Bonchev–Trinajstić information content (AvgIpc) is 2.80. The van der Waals surface area contributed by atoms with Crippen LogP contribution >= 0.6 is 0 Å². The van der Waals surface area contributed by atoms with Crippen molar-refractivity contribution in [2.75, 3.05) is 37.7 Å². The molecule has 1 N–H and O–H groups in total. The molecule has 1 aliphatic heterocycles. The van der Waals surface area contributed by atoms with Crippen molar-refractivity contribution >= 4 is 22.8 Å². The van der Waals surface area contributed by atoms with Gasteiger partial charge < -0.3 is 15.0 Å². The summed E-state index contributed by atoms with van der Waals surface area (Å²) in [6.45, 7) is 2.90. The van der Waals surface area contributed by atoms with Crippen LogP contribution in [0, 0.1) is 11.3 Å². The van der Waals surface area contributed by atoms with Gasteiger partial charge in [-0.3, -0.25) is 4.79 Å². The number of morpholine rings is 1. The third-order valence-corrected chi connectivity index (χ3v) is 5.11. The third kappa shape index (κ3) is 4.39. The van der Waals surface area contributed by atoms with E-state index in [2.05, 4.69) is 16.4 Å². The van der Waals surface area contributed by atoms with Crippen molar-refractivity contribution in [3.05, 3.63) is 65.9 Å². The number of ether oxygens (including phenoxy) is 1. The average molecular weight is 401 g/mol. The van der Waals surface area contributed by atoms with Gasteiger partial charge in [-0.25, -0.2) is 9.97 Å². The Morgan fingerprint density at radius 2 is 1.73 bits per heavy atom. The van der Waals surface area contributed by atoms with Crippen LogP contribution in [-0.4, -0.2) is 48.7 Å². The van der Waals surface area contributed by atoms with Crippen LogP contribution in [0.3, 0.4) is 0 Å². The number of amides is 1. The van der Waals surface area contributed by atoms with Crippen molar-refractivity contribution in [3.8, 4) is 6.07 Å². The number of aromatic nitrogens is 2. The summed E-state index contributed by atoms with van der Waals surface area (Å²) in [6, 6.07) is 19.6. The summed E-state index contributed by atoms with van der Waals surface area (Å²) < 4.78 is 5.44. The first-order valence-electron chi connectivity index (χ1n) is 10.1. The van der Waals surface area contributed by atoms with Gasteiger partial charge in [0.15, 0.2) is 11.7 Å². The molecule has 1 aromatic heterocycles. The second-order valence-corrected chi connectivity index (χ2v) is 7.11. The zero-order valence-corrected chi connectivity index (χ0v) is 16.6. The molecule has 1 aliphatic rings. The number of fused-ring (bicyclic) bond motifs is 1. The summed E-state index contributed by atoms with van der Waals surface area (Å²) in [5.41, 5.74) is 2.94. The lowest BCUT2D eigenvalue weighted by molar-refractivity contribution is -0.121. The summed E-state index contributed by atoms with van der Waals surface area (Å²) in [7, 11) is 0. The first-order valence-corrected chi connectivity index (χ1v) is 10.1. The molecule has 0 bridgehead atoms. The Bertz CT molecular complexity index is 1060. The molecule has 0 unspecified atom stereocenters. The van der Waals surface area contributed by atoms with Crippen LogP contribution in [0.15, 0.2) is 54.6 Å². The van der Waals surface area contributed by atoms with E-state index in [9.17, 15) is 10.1 Å². The van der Waals surface area contributed by atoms with Crippen LogP contribution in [0.5, 0.6) is 0 Å². The predicted octanol–water partition coefficient (Wildman–Crippen LogP) is 2.43. The standard InChI is InChI=1S/C23H23N5O2/c24-16-18(23(29)25-11-10-17-6-2-1-3-7-17)21-22(28-12-14-30-15-13-28)27-20-9-5-4-8-19(20)26-21/h1-9,18H,10-15H2,(H,25,29)/t18-/m1/s1. The van der Waals surface area contributed by atoms with E-state index in [1.807, 2.05) is 59.5 Å². The molecule has 0 saturated carbocycles. The second kappa shape index (κ2) is 9.33. The maximum Gasteiger partial charge on any atom is 0.243 e. The minimum atomic E-state index is -1.03. The highest BCUT2D eigenvalue weighted by atomic mass is 16.5. The van der Waals surface area contributed by atoms with Crippen molar-refractivity contribution in [3.63, 3.8) is 0 Å². The molecule has 7 heteroatoms. The summed E-state index contributed by atoms with van der Waals surface area (Å²) in [6.07, 6.45) is 0.699. The summed E-state index contributed by atoms with van der Waals surface area (Å²) in [5, 5.41) is 12.7. The largest absolute Gasteiger partial charge is 0.378 e. The predicted molar refractivity (Wildman–Crippen MR) is 114 cm³/mol. The van der Waals surface area contributed by atoms with Gasteiger partial charge in [-0.15, -0.1) is 0 Å². The summed E-state index contributed by atoms with van der Waals surface area (Å²) in [5.74, 6) is -0.801. The molecule has 2 heterocycles. The maximum absolute atomic E-state index is 12.9. The number of benzene rings is 2. The Hall–Kier alpha value is -3.50. The maximum atomic E-state index is 12.9. The molecule has 2 aromatic carbocycles. The molecule has 1 atom stereocenters. The van der Waals surface area contributed by atoms with E-state index in [0.29, 0.717) is 56.3 Å². The number of para-hydroxylation sites is 2. The fourth-order valence-corrected chi connectivity index (χ4v) is 3.53. The van der Waals surface area contributed by atoms with E-state index >= 15 is 0 Å². The zero-order valence-electron chi connectivity index (χ0n) is 16.6. The third-order valence-electron chi connectivity index (χ3n) is 5.11. The fourth-order valence-electron chi connectivity index (χ4n) is 3.53. The van der Waals surface area contributed by atoms with E-state index < -0.39 is 5.92 Å². The van der Waals surface area contributed by atoms with Crippen LogP contribution in [0.4, 0.5) is 5.82 Å². The monoisotopic (exact) mass is 401 g/mol. The molecule has 1 amide bonds. The lowest BCUT2D eigenvalue weighted by atomic mass is 10.0. The summed E-state index contributed by atoms with van der Waals surface area (Å²) >= 11 is 0.